The van der Waals surface area contributed by atoms with Crippen LogP contribution in [0.4, 0.5) is 0 Å². The number of allylic oxidation sites excluding steroid dienone is 4. The van der Waals surface area contributed by atoms with Gasteiger partial charge in [0.1, 0.15) is 0 Å². The first-order valence-electron chi connectivity index (χ1n) is 14.3. The lowest BCUT2D eigenvalue weighted by Gasteiger charge is -2.53. The van der Waals surface area contributed by atoms with Crippen LogP contribution < -0.4 is 5.73 Å². The van der Waals surface area contributed by atoms with Crippen molar-refractivity contribution >= 4 is 0 Å². The van der Waals surface area contributed by atoms with Gasteiger partial charge in [-0.25, -0.2) is 0 Å². The van der Waals surface area contributed by atoms with Gasteiger partial charge in [-0.2, -0.15) is 0 Å². The largest absolute Gasteiger partial charge is 0.333 e. The second-order valence-electron chi connectivity index (χ2n) is 11.5. The van der Waals surface area contributed by atoms with Crippen LogP contribution in [0.15, 0.2) is 36.0 Å². The first-order valence-corrected chi connectivity index (χ1v) is 14.3. The van der Waals surface area contributed by atoms with Crippen molar-refractivity contribution in [3.05, 3.63) is 36.0 Å². The maximum atomic E-state index is 4.50. The quantitative estimate of drug-likeness (QED) is 0.408. The number of rotatable bonds is 5. The highest BCUT2D eigenvalue weighted by molar-refractivity contribution is 5.32. The van der Waals surface area contributed by atoms with Crippen molar-refractivity contribution in [2.45, 2.75) is 126 Å². The lowest BCUT2D eigenvalue weighted by Crippen LogP contribution is -2.44. The van der Waals surface area contributed by atoms with Crippen LogP contribution in [-0.2, 0) is 0 Å². The molecular weight excluding hydrogens is 398 g/mol. The maximum Gasteiger partial charge on any atom is -0.00817 e. The van der Waals surface area contributed by atoms with Gasteiger partial charge in [0.2, 0.25) is 0 Å². The smallest absolute Gasteiger partial charge is 0.00817 e. The molecule has 5 unspecified atom stereocenters. The summed E-state index contributed by atoms with van der Waals surface area (Å²) >= 11 is 0. The molecule has 0 bridgehead atoms. The molecule has 0 heterocycles. The van der Waals surface area contributed by atoms with Gasteiger partial charge in [-0.3, -0.25) is 0 Å². The second-order valence-corrected chi connectivity index (χ2v) is 11.5. The van der Waals surface area contributed by atoms with E-state index in [4.69, 9.17) is 0 Å². The Morgan fingerprint density at radius 3 is 2.18 bits per heavy atom. The number of hydrogen-bond donors (Lipinski definition) is 1. The standard InChI is InChI=1S/C26H42.C3H6.C2H6.CH5N/c1-8-25(6)21(10-9-18(2)3)12-14-24(25)23-13-11-22-17-19(4)15-16-26(22,7)20(23)5;1-2-3-1;2*1-2/h17,20-21,23-24H,2,4,8-16H2,1,3,5-7H3;1-3H2;1-2H3;2H2,1H3/t20?,21-,23?,24?,25?,26?;;;/m1.../s1. The van der Waals surface area contributed by atoms with Gasteiger partial charge < -0.3 is 5.73 Å². The second kappa shape index (κ2) is 13.9. The molecule has 0 saturated heterocycles. The first-order chi connectivity index (χ1) is 15.7. The van der Waals surface area contributed by atoms with E-state index in [1.54, 1.807) is 5.57 Å². The molecule has 0 aromatic rings. The fourth-order valence-corrected chi connectivity index (χ4v) is 7.03. The number of hydrogen-bond acceptors (Lipinski definition) is 1. The van der Waals surface area contributed by atoms with E-state index < -0.39 is 0 Å². The Hall–Kier alpha value is -0.820. The first kappa shape index (κ1) is 30.2. The summed E-state index contributed by atoms with van der Waals surface area (Å²) in [5.74, 6) is 3.54. The lowest BCUT2D eigenvalue weighted by molar-refractivity contribution is 0.0125. The SMILES string of the molecule is C1CC1.C=C(C)CC[C@@H]1CCC(C2CCC3=CC(=C)CCC3(C)C2C)C1(C)CC.CC.CN. The summed E-state index contributed by atoms with van der Waals surface area (Å²) in [6.07, 6.45) is 19.0. The molecule has 4 aliphatic carbocycles. The van der Waals surface area contributed by atoms with E-state index in [1.165, 1.54) is 95.2 Å². The van der Waals surface area contributed by atoms with Crippen LogP contribution in [0.25, 0.3) is 0 Å². The van der Waals surface area contributed by atoms with Crippen LogP contribution in [0.2, 0.25) is 0 Å². The molecule has 0 aromatic carbocycles. The molecule has 3 fully saturated rings. The summed E-state index contributed by atoms with van der Waals surface area (Å²) in [6, 6.07) is 0. The topological polar surface area (TPSA) is 26.0 Å². The molecule has 0 amide bonds. The summed E-state index contributed by atoms with van der Waals surface area (Å²) in [4.78, 5) is 0. The summed E-state index contributed by atoms with van der Waals surface area (Å²) < 4.78 is 0. The van der Waals surface area contributed by atoms with Gasteiger partial charge in [0.05, 0.1) is 0 Å². The van der Waals surface area contributed by atoms with Crippen LogP contribution in [-0.4, -0.2) is 7.05 Å². The van der Waals surface area contributed by atoms with Gasteiger partial charge in [0.25, 0.3) is 0 Å². The predicted molar refractivity (Wildman–Crippen MR) is 150 cm³/mol. The monoisotopic (exact) mass is 457 g/mol. The Balaban J connectivity index is 0.000000687. The molecule has 1 nitrogen and oxygen atoms in total. The van der Waals surface area contributed by atoms with E-state index in [0.29, 0.717) is 10.8 Å². The van der Waals surface area contributed by atoms with Gasteiger partial charge in [-0.05, 0) is 99.8 Å². The Labute approximate surface area is 208 Å². The zero-order chi connectivity index (χ0) is 25.2. The Bertz CT molecular complexity index is 638. The van der Waals surface area contributed by atoms with Gasteiger partial charge >= 0.3 is 0 Å². The third-order valence-corrected chi connectivity index (χ3v) is 9.63. The molecular formula is C32H59N. The fourth-order valence-electron chi connectivity index (χ4n) is 7.03. The predicted octanol–water partition coefficient (Wildman–Crippen LogP) is 9.89. The summed E-state index contributed by atoms with van der Waals surface area (Å²) in [5, 5.41) is 0. The van der Waals surface area contributed by atoms with E-state index in [1.807, 2.05) is 13.8 Å². The van der Waals surface area contributed by atoms with Gasteiger partial charge in [0.15, 0.2) is 0 Å². The summed E-state index contributed by atoms with van der Waals surface area (Å²) in [6.45, 7) is 24.9. The number of nitrogens with two attached hydrogens (primary N) is 1. The van der Waals surface area contributed by atoms with Crippen molar-refractivity contribution in [2.24, 2.45) is 40.2 Å². The van der Waals surface area contributed by atoms with Crippen molar-refractivity contribution in [3.63, 3.8) is 0 Å². The van der Waals surface area contributed by atoms with Crippen molar-refractivity contribution in [1.29, 1.82) is 0 Å². The molecule has 4 aliphatic rings. The molecule has 0 aliphatic heterocycles. The van der Waals surface area contributed by atoms with Gasteiger partial charge in [0, 0.05) is 0 Å². The fraction of sp³-hybridized carbons (Fsp3) is 0.812. The average Bonchev–Trinajstić information content (AvgIpc) is 3.67. The van der Waals surface area contributed by atoms with Crippen LogP contribution in [0, 0.1) is 34.5 Å². The molecule has 0 spiro atoms. The third kappa shape index (κ3) is 7.33. The van der Waals surface area contributed by atoms with Crippen molar-refractivity contribution < 1.29 is 0 Å². The highest BCUT2D eigenvalue weighted by atomic mass is 14.6. The highest BCUT2D eigenvalue weighted by Crippen LogP contribution is 2.62. The van der Waals surface area contributed by atoms with Crippen molar-refractivity contribution in [3.8, 4) is 0 Å². The Morgan fingerprint density at radius 1 is 1.06 bits per heavy atom. The Kier molecular flexibility index (Phi) is 12.7. The van der Waals surface area contributed by atoms with Crippen LogP contribution in [0.1, 0.15) is 126 Å². The van der Waals surface area contributed by atoms with Gasteiger partial charge in [-0.1, -0.05) is 96.6 Å². The Morgan fingerprint density at radius 2 is 1.67 bits per heavy atom. The average molecular weight is 458 g/mol. The maximum absolute atomic E-state index is 4.50. The van der Waals surface area contributed by atoms with Crippen molar-refractivity contribution in [1.82, 2.24) is 0 Å². The number of fused-ring (bicyclic) bond motifs is 1. The van der Waals surface area contributed by atoms with Crippen LogP contribution in [0.5, 0.6) is 0 Å². The molecule has 1 heteroatoms. The minimum atomic E-state index is 0.425. The summed E-state index contributed by atoms with van der Waals surface area (Å²) in [7, 11) is 1.50. The third-order valence-electron chi connectivity index (χ3n) is 9.63. The molecule has 33 heavy (non-hydrogen) atoms. The summed E-state index contributed by atoms with van der Waals surface area (Å²) in [5.41, 5.74) is 9.90. The molecule has 3 saturated carbocycles. The molecule has 0 radical (unpaired) electrons. The molecule has 0 aromatic heterocycles. The van der Waals surface area contributed by atoms with E-state index in [0.717, 1.165) is 23.7 Å². The zero-order valence-corrected chi connectivity index (χ0v) is 23.9. The lowest BCUT2D eigenvalue weighted by atomic mass is 9.52. The van der Waals surface area contributed by atoms with E-state index in [2.05, 4.69) is 59.6 Å². The molecule has 192 valence electrons. The van der Waals surface area contributed by atoms with E-state index in [9.17, 15) is 0 Å². The normalized spacial score (nSPS) is 36.5. The molecule has 2 N–H and O–H groups in total. The highest BCUT2D eigenvalue weighted by Gasteiger charge is 2.53. The molecule has 4 rings (SSSR count). The molecule has 6 atom stereocenters. The van der Waals surface area contributed by atoms with Gasteiger partial charge in [-0.15, -0.1) is 6.58 Å². The van der Waals surface area contributed by atoms with Crippen molar-refractivity contribution in [2.75, 3.05) is 7.05 Å². The zero-order valence-electron chi connectivity index (χ0n) is 23.9. The minimum absolute atomic E-state index is 0.425. The van der Waals surface area contributed by atoms with E-state index in [-0.39, 0.29) is 0 Å². The van der Waals surface area contributed by atoms with Crippen LogP contribution >= 0.6 is 0 Å². The minimum Gasteiger partial charge on any atom is -0.333 e. The van der Waals surface area contributed by atoms with E-state index >= 15 is 0 Å². The van der Waals surface area contributed by atoms with Crippen LogP contribution in [0.3, 0.4) is 0 Å².